The number of nitrogens with two attached hydrogens (primary N) is 1. The smallest absolute Gasteiger partial charge is 0.226 e. The minimum absolute atomic E-state index is 0.632. The predicted molar refractivity (Wildman–Crippen MR) is 88.6 cm³/mol. The van der Waals surface area contributed by atoms with E-state index in [1.54, 1.807) is 6.26 Å². The molecule has 0 bridgehead atoms. The average molecular weight is 320 g/mol. The number of hydrogen-bond acceptors (Lipinski definition) is 4. The van der Waals surface area contributed by atoms with E-state index in [0.717, 1.165) is 49.8 Å². The average Bonchev–Trinajstić information content (AvgIpc) is 2.96. The molecule has 1 unspecified atom stereocenters. The van der Waals surface area contributed by atoms with Gasteiger partial charge in [-0.1, -0.05) is 17.7 Å². The number of piperidine rings is 1. The SMILES string of the molecule is NCCC1CCCN(Cc2coc(-c3cccc(Cl)c3)n2)C1. The summed E-state index contributed by atoms with van der Waals surface area (Å²) in [5.41, 5.74) is 7.57. The molecule has 1 aliphatic heterocycles. The fourth-order valence-corrected chi connectivity index (χ4v) is 3.32. The highest BCUT2D eigenvalue weighted by atomic mass is 35.5. The first-order chi connectivity index (χ1) is 10.7. The highest BCUT2D eigenvalue weighted by Crippen LogP contribution is 2.24. The van der Waals surface area contributed by atoms with Crippen LogP contribution in [0.1, 0.15) is 25.0 Å². The third kappa shape index (κ3) is 3.88. The van der Waals surface area contributed by atoms with Crippen molar-refractivity contribution in [3.05, 3.63) is 41.2 Å². The van der Waals surface area contributed by atoms with Crippen molar-refractivity contribution in [1.29, 1.82) is 0 Å². The lowest BCUT2D eigenvalue weighted by molar-refractivity contribution is 0.161. The second-order valence-electron chi connectivity index (χ2n) is 5.98. The van der Waals surface area contributed by atoms with Gasteiger partial charge in [0, 0.05) is 23.7 Å². The van der Waals surface area contributed by atoms with Gasteiger partial charge in [-0.05, 0) is 56.5 Å². The zero-order valence-electron chi connectivity index (χ0n) is 12.7. The minimum Gasteiger partial charge on any atom is -0.444 e. The number of likely N-dealkylation sites (tertiary alicyclic amines) is 1. The van der Waals surface area contributed by atoms with Crippen LogP contribution in [-0.2, 0) is 6.54 Å². The van der Waals surface area contributed by atoms with Crippen molar-refractivity contribution in [2.75, 3.05) is 19.6 Å². The quantitative estimate of drug-likeness (QED) is 0.915. The van der Waals surface area contributed by atoms with Gasteiger partial charge in [-0.15, -0.1) is 0 Å². The molecule has 2 N–H and O–H groups in total. The molecule has 0 saturated carbocycles. The highest BCUT2D eigenvalue weighted by Gasteiger charge is 2.20. The van der Waals surface area contributed by atoms with Gasteiger partial charge < -0.3 is 10.2 Å². The second-order valence-corrected chi connectivity index (χ2v) is 6.41. The molecule has 2 aromatic rings. The Balaban J connectivity index is 1.64. The maximum atomic E-state index is 6.02. The normalized spacial score (nSPS) is 19.5. The molecular formula is C17H22ClN3O. The number of halogens is 1. The van der Waals surface area contributed by atoms with Crippen LogP contribution in [0.3, 0.4) is 0 Å². The molecule has 1 fully saturated rings. The lowest BCUT2D eigenvalue weighted by atomic mass is 9.95. The largest absolute Gasteiger partial charge is 0.444 e. The summed E-state index contributed by atoms with van der Waals surface area (Å²) in [5, 5.41) is 0.693. The zero-order valence-corrected chi connectivity index (χ0v) is 13.4. The molecule has 0 aliphatic carbocycles. The van der Waals surface area contributed by atoms with Crippen LogP contribution >= 0.6 is 11.6 Å². The Kier molecular flexibility index (Phi) is 5.13. The summed E-state index contributed by atoms with van der Waals surface area (Å²) in [6.07, 6.45) is 5.40. The summed E-state index contributed by atoms with van der Waals surface area (Å²) in [5.74, 6) is 1.35. The van der Waals surface area contributed by atoms with Crippen molar-refractivity contribution < 1.29 is 4.42 Å². The minimum atomic E-state index is 0.632. The Bertz CT molecular complexity index is 611. The van der Waals surface area contributed by atoms with Crippen LogP contribution in [0.4, 0.5) is 0 Å². The first-order valence-electron chi connectivity index (χ1n) is 7.87. The first kappa shape index (κ1) is 15.5. The number of nitrogens with zero attached hydrogens (tertiary/aromatic N) is 2. The molecule has 118 valence electrons. The molecule has 0 amide bonds. The molecular weight excluding hydrogens is 298 g/mol. The monoisotopic (exact) mass is 319 g/mol. The van der Waals surface area contributed by atoms with Crippen molar-refractivity contribution in [1.82, 2.24) is 9.88 Å². The topological polar surface area (TPSA) is 55.3 Å². The first-order valence-corrected chi connectivity index (χ1v) is 8.25. The van der Waals surface area contributed by atoms with Gasteiger partial charge in [0.1, 0.15) is 6.26 Å². The molecule has 1 aliphatic rings. The van der Waals surface area contributed by atoms with Crippen LogP contribution in [0.15, 0.2) is 34.9 Å². The summed E-state index contributed by atoms with van der Waals surface area (Å²) in [4.78, 5) is 7.04. The molecule has 1 atom stereocenters. The van der Waals surface area contributed by atoms with Gasteiger partial charge >= 0.3 is 0 Å². The maximum Gasteiger partial charge on any atom is 0.226 e. The van der Waals surface area contributed by atoms with E-state index in [1.165, 1.54) is 12.8 Å². The van der Waals surface area contributed by atoms with Crippen molar-refractivity contribution in [3.63, 3.8) is 0 Å². The molecule has 3 rings (SSSR count). The van der Waals surface area contributed by atoms with Crippen LogP contribution in [0.25, 0.3) is 11.5 Å². The molecule has 1 aromatic carbocycles. The lowest BCUT2D eigenvalue weighted by Crippen LogP contribution is -2.35. The fourth-order valence-electron chi connectivity index (χ4n) is 3.13. The highest BCUT2D eigenvalue weighted by molar-refractivity contribution is 6.30. The standard InChI is InChI=1S/C17H22ClN3O/c18-15-5-1-4-14(9-15)17-20-16(12-22-17)11-21-8-2-3-13(10-21)6-7-19/h1,4-5,9,12-13H,2-3,6-8,10-11,19H2. The van der Waals surface area contributed by atoms with E-state index in [1.807, 2.05) is 24.3 Å². The summed E-state index contributed by atoms with van der Waals surface area (Å²) in [6, 6.07) is 7.58. The van der Waals surface area contributed by atoms with Crippen LogP contribution in [-0.4, -0.2) is 29.5 Å². The van der Waals surface area contributed by atoms with Gasteiger partial charge in [0.25, 0.3) is 0 Å². The van der Waals surface area contributed by atoms with Crippen molar-refractivity contribution in [2.45, 2.75) is 25.8 Å². The number of rotatable bonds is 5. The van der Waals surface area contributed by atoms with E-state index >= 15 is 0 Å². The Labute approximate surface area is 136 Å². The van der Waals surface area contributed by atoms with E-state index < -0.39 is 0 Å². The molecule has 1 aromatic heterocycles. The Hall–Kier alpha value is -1.36. The van der Waals surface area contributed by atoms with Gasteiger partial charge in [0.05, 0.1) is 5.69 Å². The van der Waals surface area contributed by atoms with Crippen LogP contribution in [0, 0.1) is 5.92 Å². The van der Waals surface area contributed by atoms with E-state index in [0.29, 0.717) is 10.9 Å². The Morgan fingerprint density at radius 3 is 3.14 bits per heavy atom. The molecule has 2 heterocycles. The third-order valence-corrected chi connectivity index (χ3v) is 4.42. The van der Waals surface area contributed by atoms with E-state index in [2.05, 4.69) is 9.88 Å². The molecule has 1 saturated heterocycles. The molecule has 4 nitrogen and oxygen atoms in total. The van der Waals surface area contributed by atoms with Crippen LogP contribution in [0.2, 0.25) is 5.02 Å². The van der Waals surface area contributed by atoms with Crippen LogP contribution in [0.5, 0.6) is 0 Å². The van der Waals surface area contributed by atoms with Gasteiger partial charge in [-0.3, -0.25) is 4.90 Å². The van der Waals surface area contributed by atoms with Gasteiger partial charge in [-0.25, -0.2) is 4.98 Å². The van der Waals surface area contributed by atoms with E-state index in [4.69, 9.17) is 21.8 Å². The molecule has 5 heteroatoms. The van der Waals surface area contributed by atoms with Crippen LogP contribution < -0.4 is 5.73 Å². The maximum absolute atomic E-state index is 6.02. The van der Waals surface area contributed by atoms with Gasteiger partial charge in [0.15, 0.2) is 0 Å². The van der Waals surface area contributed by atoms with E-state index in [9.17, 15) is 0 Å². The second kappa shape index (κ2) is 7.27. The third-order valence-electron chi connectivity index (χ3n) is 4.19. The number of aromatic nitrogens is 1. The predicted octanol–water partition coefficient (Wildman–Crippen LogP) is 3.56. The van der Waals surface area contributed by atoms with Crippen molar-refractivity contribution in [3.8, 4) is 11.5 Å². The summed E-state index contributed by atoms with van der Waals surface area (Å²) in [6.45, 7) is 3.85. The van der Waals surface area contributed by atoms with Gasteiger partial charge in [0.2, 0.25) is 5.89 Å². The Morgan fingerprint density at radius 1 is 1.41 bits per heavy atom. The molecule has 22 heavy (non-hydrogen) atoms. The Morgan fingerprint density at radius 2 is 2.32 bits per heavy atom. The lowest BCUT2D eigenvalue weighted by Gasteiger charge is -2.31. The van der Waals surface area contributed by atoms with Crippen molar-refractivity contribution in [2.24, 2.45) is 11.7 Å². The summed E-state index contributed by atoms with van der Waals surface area (Å²) >= 11 is 6.02. The van der Waals surface area contributed by atoms with Crippen molar-refractivity contribution >= 4 is 11.6 Å². The molecule has 0 spiro atoms. The van der Waals surface area contributed by atoms with Gasteiger partial charge in [-0.2, -0.15) is 0 Å². The number of benzene rings is 1. The number of hydrogen-bond donors (Lipinski definition) is 1. The fraction of sp³-hybridized carbons (Fsp3) is 0.471. The molecule has 0 radical (unpaired) electrons. The summed E-state index contributed by atoms with van der Waals surface area (Å²) in [7, 11) is 0. The number of oxazole rings is 1. The zero-order chi connectivity index (χ0) is 15.4. The summed E-state index contributed by atoms with van der Waals surface area (Å²) < 4.78 is 5.61. The van der Waals surface area contributed by atoms with E-state index in [-0.39, 0.29) is 0 Å².